The van der Waals surface area contributed by atoms with Crippen LogP contribution >= 0.6 is 0 Å². The number of nitrogens with one attached hydrogen (secondary N) is 1. The number of aliphatic imine (C=N–C) groups is 1. The Kier molecular flexibility index (Phi) is 4.43. The smallest absolute Gasteiger partial charge is 0.120 e. The summed E-state index contributed by atoms with van der Waals surface area (Å²) in [7, 11) is 0. The van der Waals surface area contributed by atoms with E-state index in [0.717, 1.165) is 0 Å². The van der Waals surface area contributed by atoms with Gasteiger partial charge in [0, 0.05) is 12.1 Å². The van der Waals surface area contributed by atoms with E-state index in [-0.39, 0.29) is 18.8 Å². The number of hydrogen-bond donors (Lipinski definition) is 4. The fraction of sp³-hybridized carbons (Fsp3) is 0.750. The zero-order valence-corrected chi connectivity index (χ0v) is 10.6. The molecule has 1 rings (SSSR count). The number of β-amino-alcohol motifs (C(OH)–C–C–N with tert-alkyl or cyclic N) is 1. The van der Waals surface area contributed by atoms with Gasteiger partial charge in [-0.25, -0.2) is 0 Å². The van der Waals surface area contributed by atoms with Crippen molar-refractivity contribution >= 4 is 5.71 Å². The van der Waals surface area contributed by atoms with Gasteiger partial charge in [0.05, 0.1) is 18.9 Å². The highest BCUT2D eigenvalue weighted by atomic mass is 16.3. The molecule has 5 nitrogen and oxygen atoms in total. The van der Waals surface area contributed by atoms with Crippen molar-refractivity contribution in [3.63, 3.8) is 0 Å². The SMILES string of the molecule is CC(C)(C)NCC1(O)C=CC(CO)=NC1CO. The van der Waals surface area contributed by atoms with Gasteiger partial charge in [-0.15, -0.1) is 0 Å². The maximum atomic E-state index is 10.4. The highest BCUT2D eigenvalue weighted by Crippen LogP contribution is 2.20. The van der Waals surface area contributed by atoms with Crippen LogP contribution in [0.15, 0.2) is 17.1 Å². The molecule has 0 spiro atoms. The van der Waals surface area contributed by atoms with Gasteiger partial charge in [0.1, 0.15) is 11.6 Å². The molecule has 0 radical (unpaired) electrons. The Balaban J connectivity index is 2.75. The fourth-order valence-electron chi connectivity index (χ4n) is 1.58. The van der Waals surface area contributed by atoms with E-state index in [1.165, 1.54) is 0 Å². The lowest BCUT2D eigenvalue weighted by atomic mass is 9.90. The van der Waals surface area contributed by atoms with Gasteiger partial charge in [-0.1, -0.05) is 0 Å². The first-order valence-electron chi connectivity index (χ1n) is 5.76. The Labute approximate surface area is 102 Å². The van der Waals surface area contributed by atoms with Crippen LogP contribution in [-0.2, 0) is 0 Å². The molecule has 1 heterocycles. The summed E-state index contributed by atoms with van der Waals surface area (Å²) in [6.07, 6.45) is 3.18. The molecule has 0 aromatic rings. The summed E-state index contributed by atoms with van der Waals surface area (Å²) < 4.78 is 0. The minimum absolute atomic E-state index is 0.120. The zero-order chi connectivity index (χ0) is 13.1. The number of aliphatic hydroxyl groups excluding tert-OH is 2. The Morgan fingerprint density at radius 3 is 2.53 bits per heavy atom. The third kappa shape index (κ3) is 3.89. The van der Waals surface area contributed by atoms with Crippen molar-refractivity contribution in [3.05, 3.63) is 12.2 Å². The highest BCUT2D eigenvalue weighted by molar-refractivity contribution is 5.97. The van der Waals surface area contributed by atoms with Crippen LogP contribution in [-0.4, -0.2) is 58.0 Å². The second-order valence-electron chi connectivity index (χ2n) is 5.41. The molecule has 17 heavy (non-hydrogen) atoms. The van der Waals surface area contributed by atoms with Gasteiger partial charge < -0.3 is 20.6 Å². The first kappa shape index (κ1) is 14.3. The molecule has 98 valence electrons. The lowest BCUT2D eigenvalue weighted by Crippen LogP contribution is -2.54. The third-order valence-electron chi connectivity index (χ3n) is 2.70. The molecule has 1 aliphatic rings. The van der Waals surface area contributed by atoms with Crippen LogP contribution in [0.4, 0.5) is 0 Å². The molecule has 0 aliphatic carbocycles. The summed E-state index contributed by atoms with van der Waals surface area (Å²) >= 11 is 0. The van der Waals surface area contributed by atoms with Gasteiger partial charge >= 0.3 is 0 Å². The summed E-state index contributed by atoms with van der Waals surface area (Å²) in [4.78, 5) is 4.11. The summed E-state index contributed by atoms with van der Waals surface area (Å²) in [6.45, 7) is 5.87. The molecule has 0 aromatic heterocycles. The summed E-state index contributed by atoms with van der Waals surface area (Å²) in [5.41, 5.74) is -0.852. The average Bonchev–Trinajstić information content (AvgIpc) is 2.26. The van der Waals surface area contributed by atoms with Gasteiger partial charge in [-0.2, -0.15) is 0 Å². The normalized spacial score (nSPS) is 29.3. The van der Waals surface area contributed by atoms with Gasteiger partial charge in [0.15, 0.2) is 0 Å². The van der Waals surface area contributed by atoms with Crippen LogP contribution in [0.3, 0.4) is 0 Å². The molecule has 0 aromatic carbocycles. The van der Waals surface area contributed by atoms with E-state index in [1.807, 2.05) is 20.8 Å². The second-order valence-corrected chi connectivity index (χ2v) is 5.41. The number of dihydropyridines is 1. The second kappa shape index (κ2) is 5.27. The molecule has 0 bridgehead atoms. The van der Waals surface area contributed by atoms with E-state index in [9.17, 15) is 10.2 Å². The topological polar surface area (TPSA) is 85.1 Å². The molecule has 5 heteroatoms. The Hall–Kier alpha value is -0.750. The molecule has 4 N–H and O–H groups in total. The van der Waals surface area contributed by atoms with Crippen molar-refractivity contribution in [1.29, 1.82) is 0 Å². The van der Waals surface area contributed by atoms with Crippen molar-refractivity contribution < 1.29 is 15.3 Å². The predicted octanol–water partition coefficient (Wildman–Crippen LogP) is -0.530. The lowest BCUT2D eigenvalue weighted by Gasteiger charge is -2.35. The van der Waals surface area contributed by atoms with Crippen molar-refractivity contribution in [2.24, 2.45) is 4.99 Å². The fourth-order valence-corrected chi connectivity index (χ4v) is 1.58. The maximum absolute atomic E-state index is 10.4. The molecular formula is C12H22N2O3. The van der Waals surface area contributed by atoms with Crippen LogP contribution in [0.1, 0.15) is 20.8 Å². The monoisotopic (exact) mass is 242 g/mol. The van der Waals surface area contributed by atoms with Crippen LogP contribution in [0.2, 0.25) is 0 Å². The lowest BCUT2D eigenvalue weighted by molar-refractivity contribution is 0.0339. The Morgan fingerprint density at radius 1 is 1.41 bits per heavy atom. The van der Waals surface area contributed by atoms with Crippen molar-refractivity contribution in [2.45, 2.75) is 38.0 Å². The highest BCUT2D eigenvalue weighted by Gasteiger charge is 2.36. The number of hydrogen-bond acceptors (Lipinski definition) is 5. The van der Waals surface area contributed by atoms with E-state index in [2.05, 4.69) is 10.3 Å². The standard InChI is InChI=1S/C12H22N2O3/c1-11(2,3)13-8-12(17)5-4-9(6-15)14-10(12)7-16/h4-5,10,13,15-17H,6-8H2,1-3H3. The van der Waals surface area contributed by atoms with Gasteiger partial charge in [-0.3, -0.25) is 4.99 Å². The molecule has 0 fully saturated rings. The van der Waals surface area contributed by atoms with Crippen molar-refractivity contribution in [2.75, 3.05) is 19.8 Å². The van der Waals surface area contributed by atoms with Crippen molar-refractivity contribution in [1.82, 2.24) is 5.32 Å². The largest absolute Gasteiger partial charge is 0.394 e. The minimum atomic E-state index is -1.21. The average molecular weight is 242 g/mol. The van der Waals surface area contributed by atoms with Gasteiger partial charge in [0.2, 0.25) is 0 Å². The molecule has 1 aliphatic heterocycles. The van der Waals surface area contributed by atoms with E-state index < -0.39 is 11.6 Å². The Bertz CT molecular complexity index is 320. The molecule has 2 unspecified atom stereocenters. The summed E-state index contributed by atoms with van der Waals surface area (Å²) in [5, 5.41) is 31.8. The van der Waals surface area contributed by atoms with Crippen LogP contribution in [0, 0.1) is 0 Å². The maximum Gasteiger partial charge on any atom is 0.120 e. The van der Waals surface area contributed by atoms with Gasteiger partial charge in [0.25, 0.3) is 0 Å². The van der Waals surface area contributed by atoms with E-state index in [1.54, 1.807) is 12.2 Å². The third-order valence-corrected chi connectivity index (χ3v) is 2.70. The molecule has 0 saturated heterocycles. The van der Waals surface area contributed by atoms with E-state index in [0.29, 0.717) is 12.3 Å². The van der Waals surface area contributed by atoms with Crippen molar-refractivity contribution in [3.8, 4) is 0 Å². The Morgan fingerprint density at radius 2 is 2.06 bits per heavy atom. The van der Waals surface area contributed by atoms with E-state index >= 15 is 0 Å². The van der Waals surface area contributed by atoms with Crippen LogP contribution < -0.4 is 5.32 Å². The first-order valence-corrected chi connectivity index (χ1v) is 5.76. The minimum Gasteiger partial charge on any atom is -0.394 e. The first-order chi connectivity index (χ1) is 7.80. The number of aliphatic hydroxyl groups is 3. The number of rotatable bonds is 4. The molecule has 2 atom stereocenters. The number of nitrogens with zero attached hydrogens (tertiary/aromatic N) is 1. The van der Waals surface area contributed by atoms with E-state index in [4.69, 9.17) is 5.11 Å². The predicted molar refractivity (Wildman–Crippen MR) is 67.2 cm³/mol. The molecular weight excluding hydrogens is 220 g/mol. The summed E-state index contributed by atoms with van der Waals surface area (Å²) in [5.74, 6) is 0. The van der Waals surface area contributed by atoms with Crippen LogP contribution in [0.5, 0.6) is 0 Å². The molecule has 0 saturated carbocycles. The van der Waals surface area contributed by atoms with Gasteiger partial charge in [-0.05, 0) is 32.9 Å². The summed E-state index contributed by atoms with van der Waals surface area (Å²) in [6, 6.07) is -0.635. The zero-order valence-electron chi connectivity index (χ0n) is 10.6. The molecule has 0 amide bonds. The van der Waals surface area contributed by atoms with Crippen LogP contribution in [0.25, 0.3) is 0 Å². The quantitative estimate of drug-likeness (QED) is 0.534.